The second-order valence-corrected chi connectivity index (χ2v) is 10.7. The highest BCUT2D eigenvalue weighted by Crippen LogP contribution is 2.68. The van der Waals surface area contributed by atoms with Gasteiger partial charge >= 0.3 is 0 Å². The van der Waals surface area contributed by atoms with Crippen LogP contribution >= 0.6 is 0 Å². The van der Waals surface area contributed by atoms with Gasteiger partial charge < -0.3 is 10.2 Å². The zero-order chi connectivity index (χ0) is 21.1. The van der Waals surface area contributed by atoms with Crippen LogP contribution in [-0.2, 0) is 4.79 Å². The topological polar surface area (TPSA) is 57.5 Å². The molecule has 0 spiro atoms. The molecule has 3 saturated carbocycles. The van der Waals surface area contributed by atoms with Gasteiger partial charge in [-0.3, -0.25) is 4.79 Å². The summed E-state index contributed by atoms with van der Waals surface area (Å²) in [6.07, 6.45) is 10.9. The first-order valence-corrected chi connectivity index (χ1v) is 11.4. The Kier molecular flexibility index (Phi) is 5.34. The zero-order valence-electron chi connectivity index (χ0n) is 18.7. The second-order valence-electron chi connectivity index (χ2n) is 10.7. The fourth-order valence-electron chi connectivity index (χ4n) is 8.08. The van der Waals surface area contributed by atoms with Gasteiger partial charge in [0.2, 0.25) is 0 Å². The fourth-order valence-corrected chi connectivity index (χ4v) is 8.08. The van der Waals surface area contributed by atoms with Gasteiger partial charge in [-0.25, -0.2) is 0 Å². The predicted molar refractivity (Wildman–Crippen MR) is 112 cm³/mol. The normalized spacial score (nSPS) is 50.8. The van der Waals surface area contributed by atoms with Crippen LogP contribution in [0.5, 0.6) is 0 Å². The van der Waals surface area contributed by atoms with Crippen LogP contribution in [0.3, 0.4) is 0 Å². The molecule has 0 aromatic carbocycles. The van der Waals surface area contributed by atoms with E-state index in [9.17, 15) is 15.0 Å². The number of carbonyl (C=O) groups excluding carboxylic acids is 1. The molecule has 9 unspecified atom stereocenters. The summed E-state index contributed by atoms with van der Waals surface area (Å²) >= 11 is 0. The summed E-state index contributed by atoms with van der Waals surface area (Å²) in [5.74, 6) is 4.40. The molecule has 3 nitrogen and oxygen atoms in total. The lowest BCUT2D eigenvalue weighted by molar-refractivity contribution is -0.256. The molecule has 0 amide bonds. The number of ketones is 1. The predicted octanol–water partition coefficient (Wildman–Crippen LogP) is 4.60. The Balaban J connectivity index is 2.10. The standard InChI is InChI=1S/C25H40O3/c1-8-19-21-16(4)17(5)25(28)15-18(26)11-13-23(25,7)20(21)12-14-22(19,6)24(27,9-2)10-3/h2,16-17,19-21,27-28H,8,10-15H2,1,3-7H3. The van der Waals surface area contributed by atoms with Crippen LogP contribution < -0.4 is 0 Å². The van der Waals surface area contributed by atoms with Crippen LogP contribution in [0.25, 0.3) is 0 Å². The zero-order valence-corrected chi connectivity index (χ0v) is 18.7. The van der Waals surface area contributed by atoms with E-state index in [4.69, 9.17) is 6.42 Å². The van der Waals surface area contributed by atoms with Crippen molar-refractivity contribution in [3.63, 3.8) is 0 Å². The van der Waals surface area contributed by atoms with Gasteiger partial charge in [0, 0.05) is 23.7 Å². The number of hydrogen-bond acceptors (Lipinski definition) is 3. The highest BCUT2D eigenvalue weighted by molar-refractivity contribution is 5.81. The number of fused-ring (bicyclic) bond motifs is 3. The number of hydrogen-bond donors (Lipinski definition) is 2. The van der Waals surface area contributed by atoms with Crippen molar-refractivity contribution in [3.8, 4) is 12.3 Å². The van der Waals surface area contributed by atoms with Gasteiger partial charge in [0.25, 0.3) is 0 Å². The van der Waals surface area contributed by atoms with Gasteiger partial charge in [0.1, 0.15) is 11.4 Å². The van der Waals surface area contributed by atoms with Crippen molar-refractivity contribution in [1.29, 1.82) is 0 Å². The lowest BCUT2D eigenvalue weighted by Crippen LogP contribution is -2.69. The Labute approximate surface area is 171 Å². The molecule has 3 aliphatic carbocycles. The number of rotatable bonds is 3. The molecule has 0 bridgehead atoms. The first-order valence-electron chi connectivity index (χ1n) is 11.4. The molecular weight excluding hydrogens is 348 g/mol. The Hall–Kier alpha value is -0.850. The van der Waals surface area contributed by atoms with Crippen molar-refractivity contribution in [2.75, 3.05) is 0 Å². The van der Waals surface area contributed by atoms with Gasteiger partial charge in [-0.05, 0) is 55.3 Å². The molecule has 2 N–H and O–H groups in total. The SMILES string of the molecule is C#CC(O)(CC)C1(C)CCC2C(C(C)C(C)C3(O)CC(=O)CCC23C)C1CC. The quantitative estimate of drug-likeness (QED) is 0.695. The van der Waals surface area contributed by atoms with E-state index < -0.39 is 11.2 Å². The van der Waals surface area contributed by atoms with E-state index in [-0.39, 0.29) is 28.4 Å². The maximum Gasteiger partial charge on any atom is 0.135 e. The summed E-state index contributed by atoms with van der Waals surface area (Å²) in [6.45, 7) is 13.1. The summed E-state index contributed by atoms with van der Waals surface area (Å²) in [4.78, 5) is 12.3. The van der Waals surface area contributed by atoms with E-state index in [2.05, 4.69) is 40.5 Å². The number of aliphatic hydroxyl groups is 2. The van der Waals surface area contributed by atoms with Crippen LogP contribution in [0, 0.1) is 52.8 Å². The molecule has 0 aromatic heterocycles. The van der Waals surface area contributed by atoms with Crippen molar-refractivity contribution >= 4 is 5.78 Å². The summed E-state index contributed by atoms with van der Waals surface area (Å²) in [6, 6.07) is 0. The summed E-state index contributed by atoms with van der Waals surface area (Å²) < 4.78 is 0. The van der Waals surface area contributed by atoms with Crippen LogP contribution in [-0.4, -0.2) is 27.2 Å². The summed E-state index contributed by atoms with van der Waals surface area (Å²) in [7, 11) is 0. The molecule has 3 fully saturated rings. The van der Waals surface area contributed by atoms with Crippen molar-refractivity contribution in [3.05, 3.63) is 0 Å². The number of Topliss-reactive ketones (excluding diaryl/α,β-unsaturated/α-hetero) is 1. The Morgan fingerprint density at radius 2 is 1.89 bits per heavy atom. The first-order chi connectivity index (χ1) is 13.0. The molecule has 158 valence electrons. The number of carbonyl (C=O) groups is 1. The smallest absolute Gasteiger partial charge is 0.135 e. The minimum absolute atomic E-state index is 0.0555. The van der Waals surface area contributed by atoms with Crippen molar-refractivity contribution in [2.24, 2.45) is 40.4 Å². The van der Waals surface area contributed by atoms with Crippen molar-refractivity contribution in [2.45, 2.75) is 97.7 Å². The van der Waals surface area contributed by atoms with E-state index >= 15 is 0 Å². The fraction of sp³-hybridized carbons (Fsp3) is 0.880. The second kappa shape index (κ2) is 6.85. The molecule has 0 radical (unpaired) electrons. The third-order valence-corrected chi connectivity index (χ3v) is 10.2. The Morgan fingerprint density at radius 1 is 1.25 bits per heavy atom. The van der Waals surface area contributed by atoms with Crippen molar-refractivity contribution < 1.29 is 15.0 Å². The molecule has 0 aromatic rings. The van der Waals surface area contributed by atoms with E-state index in [1.165, 1.54) is 0 Å². The third kappa shape index (κ3) is 2.53. The summed E-state index contributed by atoms with van der Waals surface area (Å²) in [5.41, 5.74) is -2.58. The average Bonchev–Trinajstić information content (AvgIpc) is 2.67. The van der Waals surface area contributed by atoms with Crippen molar-refractivity contribution in [1.82, 2.24) is 0 Å². The molecule has 3 rings (SSSR count). The van der Waals surface area contributed by atoms with E-state index in [1.54, 1.807) is 0 Å². The molecule has 0 saturated heterocycles. The molecule has 28 heavy (non-hydrogen) atoms. The monoisotopic (exact) mass is 388 g/mol. The van der Waals surface area contributed by atoms with Gasteiger partial charge in [-0.1, -0.05) is 53.9 Å². The lowest BCUT2D eigenvalue weighted by atomic mass is 9.37. The van der Waals surface area contributed by atoms with Gasteiger partial charge in [0.15, 0.2) is 0 Å². The molecule has 0 heterocycles. The number of terminal acetylenes is 1. The molecular formula is C25H40O3. The average molecular weight is 389 g/mol. The maximum absolute atomic E-state index is 12.3. The van der Waals surface area contributed by atoms with Gasteiger partial charge in [-0.2, -0.15) is 0 Å². The summed E-state index contributed by atoms with van der Waals surface area (Å²) in [5, 5.41) is 23.2. The van der Waals surface area contributed by atoms with Gasteiger partial charge in [-0.15, -0.1) is 6.42 Å². The largest absolute Gasteiger partial charge is 0.389 e. The molecule has 3 aliphatic rings. The Morgan fingerprint density at radius 3 is 2.43 bits per heavy atom. The van der Waals surface area contributed by atoms with Crippen LogP contribution in [0.4, 0.5) is 0 Å². The molecule has 0 aliphatic heterocycles. The third-order valence-electron chi connectivity index (χ3n) is 10.2. The van der Waals surface area contributed by atoms with Gasteiger partial charge in [0.05, 0.1) is 5.60 Å². The molecule has 9 atom stereocenters. The first kappa shape index (κ1) is 21.8. The maximum atomic E-state index is 12.3. The van der Waals surface area contributed by atoms with Crippen LogP contribution in [0.1, 0.15) is 86.5 Å². The van der Waals surface area contributed by atoms with E-state index in [0.717, 1.165) is 25.7 Å². The van der Waals surface area contributed by atoms with Crippen LogP contribution in [0.2, 0.25) is 0 Å². The molecule has 3 heteroatoms. The minimum Gasteiger partial charge on any atom is -0.389 e. The minimum atomic E-state index is -1.10. The lowest BCUT2D eigenvalue weighted by Gasteiger charge is -2.68. The van der Waals surface area contributed by atoms with E-state index in [0.29, 0.717) is 37.0 Å². The Bertz CT molecular complexity index is 680. The highest BCUT2D eigenvalue weighted by Gasteiger charge is 2.68. The van der Waals surface area contributed by atoms with Crippen LogP contribution in [0.15, 0.2) is 0 Å². The highest BCUT2D eigenvalue weighted by atomic mass is 16.3. The van der Waals surface area contributed by atoms with E-state index in [1.807, 2.05) is 6.92 Å².